The van der Waals surface area contributed by atoms with E-state index in [9.17, 15) is 9.82 Å². The molecule has 0 saturated heterocycles. The zero-order chi connectivity index (χ0) is 12.1. The van der Waals surface area contributed by atoms with Gasteiger partial charge in [0.25, 0.3) is 0 Å². The van der Waals surface area contributed by atoms with Crippen LogP contribution in [-0.2, 0) is 9.39 Å². The molecule has 1 aromatic rings. The minimum Gasteiger partial charge on any atom is -0.473 e. The second-order valence-electron chi connectivity index (χ2n) is 3.22. The zero-order valence-corrected chi connectivity index (χ0v) is 10.7. The minimum absolute atomic E-state index is 0.211. The predicted octanol–water partition coefficient (Wildman–Crippen LogP) is 1.62. The van der Waals surface area contributed by atoms with Crippen molar-refractivity contribution >= 4 is 34.7 Å². The van der Waals surface area contributed by atoms with Crippen LogP contribution in [0.3, 0.4) is 0 Å². The van der Waals surface area contributed by atoms with Gasteiger partial charge in [0.2, 0.25) is 0 Å². The lowest BCUT2D eigenvalue weighted by molar-refractivity contribution is 0.0983. The highest BCUT2D eigenvalue weighted by Crippen LogP contribution is 2.10. The number of halogens is 1. The number of ether oxygens (including phenoxy) is 1. The van der Waals surface area contributed by atoms with Crippen LogP contribution in [0.2, 0.25) is 0 Å². The molecule has 0 aliphatic rings. The van der Waals surface area contributed by atoms with Gasteiger partial charge in [-0.3, -0.25) is 0 Å². The van der Waals surface area contributed by atoms with E-state index in [1.54, 1.807) is 19.1 Å². The van der Waals surface area contributed by atoms with E-state index in [0.717, 1.165) is 10.0 Å². The van der Waals surface area contributed by atoms with E-state index < -0.39 is 13.3 Å². The smallest absolute Gasteiger partial charge is 0.473 e. The van der Waals surface area contributed by atoms with Crippen LogP contribution in [-0.4, -0.2) is 24.9 Å². The van der Waals surface area contributed by atoms with Crippen LogP contribution in [0.4, 0.5) is 4.79 Å². The molecule has 16 heavy (non-hydrogen) atoms. The summed E-state index contributed by atoms with van der Waals surface area (Å²) in [6.07, 6.45) is -0.882. The summed E-state index contributed by atoms with van der Waals surface area (Å²) in [5.74, 6) is 0. The van der Waals surface area contributed by atoms with Gasteiger partial charge in [-0.15, -0.1) is 0 Å². The summed E-state index contributed by atoms with van der Waals surface area (Å²) in [6.45, 7) is 3.76. The van der Waals surface area contributed by atoms with Gasteiger partial charge in [0.15, 0.2) is 0 Å². The molecule has 0 aliphatic heterocycles. The molecular weight excluding hydrogens is 275 g/mol. The molecule has 0 fully saturated rings. The third-order valence-corrected chi connectivity index (χ3v) is 2.28. The van der Waals surface area contributed by atoms with Crippen LogP contribution in [0.1, 0.15) is 12.5 Å². The number of carbonyl (C=O) groups excluding carboxylic acids is 1. The molecule has 1 aromatic carbocycles. The van der Waals surface area contributed by atoms with E-state index in [1.807, 2.05) is 13.0 Å². The Kier molecular flexibility index (Phi) is 4.83. The van der Waals surface area contributed by atoms with Gasteiger partial charge >= 0.3 is 13.3 Å². The Morgan fingerprint density at radius 3 is 2.75 bits per heavy atom. The fraction of sp³-hybridized carbons (Fsp3) is 0.300. The molecule has 0 heterocycles. The Labute approximate surface area is 103 Å². The van der Waals surface area contributed by atoms with Crippen LogP contribution >= 0.6 is 15.9 Å². The van der Waals surface area contributed by atoms with Gasteiger partial charge in [0, 0.05) is 4.47 Å². The molecule has 0 radical (unpaired) electrons. The normalized spacial score (nSPS) is 9.75. The maximum absolute atomic E-state index is 11.0. The van der Waals surface area contributed by atoms with Crippen LogP contribution in [0.25, 0.3) is 0 Å². The molecule has 1 rings (SSSR count). The number of aryl methyl sites for hydroxylation is 1. The van der Waals surface area contributed by atoms with E-state index in [1.165, 1.54) is 0 Å². The molecule has 86 valence electrons. The number of rotatable bonds is 3. The summed E-state index contributed by atoms with van der Waals surface area (Å²) in [4.78, 5) is 11.0. The predicted molar refractivity (Wildman–Crippen MR) is 64.6 cm³/mol. The maximum atomic E-state index is 11.0. The third kappa shape index (κ3) is 3.86. The molecule has 0 spiro atoms. The van der Waals surface area contributed by atoms with E-state index in [-0.39, 0.29) is 6.61 Å². The quantitative estimate of drug-likeness (QED) is 0.678. The van der Waals surface area contributed by atoms with Crippen molar-refractivity contribution in [2.75, 3.05) is 6.61 Å². The van der Waals surface area contributed by atoms with Crippen LogP contribution < -0.4 is 5.46 Å². The molecule has 0 unspecified atom stereocenters. The summed E-state index contributed by atoms with van der Waals surface area (Å²) in [5, 5.41) is 9.62. The van der Waals surface area contributed by atoms with Crippen molar-refractivity contribution in [2.45, 2.75) is 13.8 Å². The fourth-order valence-electron chi connectivity index (χ4n) is 1.22. The van der Waals surface area contributed by atoms with Gasteiger partial charge in [0.1, 0.15) is 0 Å². The van der Waals surface area contributed by atoms with Gasteiger partial charge in [-0.2, -0.15) is 0 Å². The highest BCUT2D eigenvalue weighted by atomic mass is 79.9. The Balaban J connectivity index is 2.72. The molecule has 0 aromatic heterocycles. The Hall–Kier alpha value is -1.01. The molecule has 0 amide bonds. The van der Waals surface area contributed by atoms with Crippen molar-refractivity contribution in [1.29, 1.82) is 0 Å². The molecule has 0 atom stereocenters. The number of carbonyl (C=O) groups is 1. The van der Waals surface area contributed by atoms with Gasteiger partial charge in [-0.25, -0.2) is 4.79 Å². The van der Waals surface area contributed by atoms with Gasteiger partial charge in [-0.1, -0.05) is 27.6 Å². The average Bonchev–Trinajstić information content (AvgIpc) is 2.16. The summed E-state index contributed by atoms with van der Waals surface area (Å²) in [5.41, 5.74) is 1.45. The topological polar surface area (TPSA) is 55.8 Å². The standard InChI is InChI=1S/C10H12BBrO4/c1-3-15-10(13)16-11(14)8-4-7(2)5-9(12)6-8/h4-6,14H,3H2,1-2H3. The second kappa shape index (κ2) is 5.91. The lowest BCUT2D eigenvalue weighted by atomic mass is 9.79. The minimum atomic E-state index is -1.31. The van der Waals surface area contributed by atoms with Gasteiger partial charge in [-0.05, 0) is 31.4 Å². The maximum Gasteiger partial charge on any atom is 0.564 e. The summed E-state index contributed by atoms with van der Waals surface area (Å²) in [7, 11) is -1.31. The Morgan fingerprint density at radius 1 is 1.50 bits per heavy atom. The number of hydrogen-bond donors (Lipinski definition) is 1. The Bertz CT molecular complexity index is 363. The molecule has 4 nitrogen and oxygen atoms in total. The highest BCUT2D eigenvalue weighted by molar-refractivity contribution is 9.10. The summed E-state index contributed by atoms with van der Waals surface area (Å²) < 4.78 is 10.0. The first-order valence-electron chi connectivity index (χ1n) is 4.81. The van der Waals surface area contributed by atoms with E-state index >= 15 is 0 Å². The van der Waals surface area contributed by atoms with Crippen molar-refractivity contribution in [3.8, 4) is 0 Å². The second-order valence-corrected chi connectivity index (χ2v) is 4.13. The largest absolute Gasteiger partial charge is 0.564 e. The SMILES string of the molecule is CCOC(=O)OB(O)c1cc(C)cc(Br)c1. The van der Waals surface area contributed by atoms with Crippen LogP contribution in [0, 0.1) is 6.92 Å². The summed E-state index contributed by atoms with van der Waals surface area (Å²) in [6, 6.07) is 5.30. The van der Waals surface area contributed by atoms with Gasteiger partial charge in [0.05, 0.1) is 6.61 Å². The van der Waals surface area contributed by atoms with Gasteiger partial charge < -0.3 is 14.4 Å². The van der Waals surface area contributed by atoms with Crippen molar-refractivity contribution < 1.29 is 19.2 Å². The lowest BCUT2D eigenvalue weighted by Gasteiger charge is -2.09. The van der Waals surface area contributed by atoms with Crippen LogP contribution in [0.15, 0.2) is 22.7 Å². The molecule has 1 N–H and O–H groups in total. The van der Waals surface area contributed by atoms with E-state index in [4.69, 9.17) is 0 Å². The number of hydrogen-bond acceptors (Lipinski definition) is 4. The van der Waals surface area contributed by atoms with Crippen molar-refractivity contribution in [1.82, 2.24) is 0 Å². The first kappa shape index (κ1) is 13.1. The first-order chi connectivity index (χ1) is 7.52. The van der Waals surface area contributed by atoms with E-state index in [2.05, 4.69) is 25.3 Å². The molecular formula is C10H12BBrO4. The zero-order valence-electron chi connectivity index (χ0n) is 9.07. The number of benzene rings is 1. The molecule has 0 saturated carbocycles. The summed E-state index contributed by atoms with van der Waals surface area (Å²) >= 11 is 3.30. The lowest BCUT2D eigenvalue weighted by Crippen LogP contribution is -2.36. The van der Waals surface area contributed by atoms with E-state index in [0.29, 0.717) is 5.46 Å². The Morgan fingerprint density at radius 2 is 2.19 bits per heavy atom. The fourth-order valence-corrected chi connectivity index (χ4v) is 1.84. The van der Waals surface area contributed by atoms with Crippen LogP contribution in [0.5, 0.6) is 0 Å². The van der Waals surface area contributed by atoms with Crippen molar-refractivity contribution in [2.24, 2.45) is 0 Å². The van der Waals surface area contributed by atoms with Crippen molar-refractivity contribution in [3.05, 3.63) is 28.2 Å². The van der Waals surface area contributed by atoms with Crippen molar-refractivity contribution in [3.63, 3.8) is 0 Å². The molecule has 0 aliphatic carbocycles. The molecule has 0 bridgehead atoms. The average molecular weight is 287 g/mol. The monoisotopic (exact) mass is 286 g/mol. The first-order valence-corrected chi connectivity index (χ1v) is 5.60. The third-order valence-electron chi connectivity index (χ3n) is 1.82. The molecule has 6 heteroatoms. The highest BCUT2D eigenvalue weighted by Gasteiger charge is 2.22.